The van der Waals surface area contributed by atoms with Gasteiger partial charge in [-0.1, -0.05) is 128 Å². The largest absolute Gasteiger partial charge is 0.485 e. The topological polar surface area (TPSA) is 36.5 Å². The van der Waals surface area contributed by atoms with E-state index >= 15 is 0 Å². The Labute approximate surface area is 470 Å². The minimum Gasteiger partial charge on any atom is -0.485 e. The molecule has 8 atom stereocenters. The lowest BCUT2D eigenvalue weighted by atomic mass is 9.69. The number of hydrogen-bond acceptors (Lipinski definition) is 7. The van der Waals surface area contributed by atoms with Crippen molar-refractivity contribution in [2.75, 3.05) is 14.7 Å². The van der Waals surface area contributed by atoms with Crippen molar-refractivity contribution in [3.05, 3.63) is 247 Å². The van der Waals surface area contributed by atoms with Gasteiger partial charge in [0.15, 0.2) is 0 Å². The van der Waals surface area contributed by atoms with Gasteiger partial charge in [0.25, 0.3) is 0 Å². The molecule has 8 aromatic carbocycles. The van der Waals surface area contributed by atoms with Crippen molar-refractivity contribution in [1.29, 1.82) is 0 Å². The van der Waals surface area contributed by atoms with E-state index in [1.54, 1.807) is 0 Å². The maximum atomic E-state index is 6.59. The molecule has 7 aliphatic rings. The molecule has 4 aromatic heterocycles. The molecular weight excluding hydrogens is 1020 g/mol. The lowest BCUT2D eigenvalue weighted by molar-refractivity contribution is 0.269. The van der Waals surface area contributed by atoms with E-state index in [9.17, 15) is 0 Å². The van der Waals surface area contributed by atoms with Crippen LogP contribution < -0.4 is 19.4 Å². The second-order valence-electron chi connectivity index (χ2n) is 23.3. The van der Waals surface area contributed by atoms with Crippen molar-refractivity contribution in [2.45, 2.75) is 47.9 Å². The molecule has 0 saturated carbocycles. The van der Waals surface area contributed by atoms with Crippen LogP contribution in [0.4, 0.5) is 34.1 Å². The molecule has 0 bridgehead atoms. The number of thioether (sulfide) groups is 1. The number of hydrogen-bond donors (Lipinski definition) is 0. The van der Waals surface area contributed by atoms with Crippen LogP contribution in [-0.2, 0) is 0 Å². The number of nitrogens with zero attached hydrogens (tertiary/aromatic N) is 4. The number of ether oxygens (including phenoxy) is 1. The monoisotopic (exact) mass is 1070 g/mol. The fourth-order valence-electron chi connectivity index (χ4n) is 16.1. The van der Waals surface area contributed by atoms with Gasteiger partial charge in [0.1, 0.15) is 23.0 Å². The summed E-state index contributed by atoms with van der Waals surface area (Å²) in [4.78, 5) is 7.99. The Morgan fingerprint density at radius 2 is 1.34 bits per heavy atom. The summed E-state index contributed by atoms with van der Waals surface area (Å²) in [5.41, 5.74) is 17.6. The maximum absolute atomic E-state index is 6.59. The first kappa shape index (κ1) is 44.2. The normalized spacial score (nSPS) is 25.4. The van der Waals surface area contributed by atoms with E-state index in [0.29, 0.717) is 5.25 Å². The van der Waals surface area contributed by atoms with Gasteiger partial charge in [-0.05, 0) is 116 Å². The van der Waals surface area contributed by atoms with Crippen LogP contribution in [0.15, 0.2) is 241 Å². The molecule has 2 saturated heterocycles. The summed E-state index contributed by atoms with van der Waals surface area (Å²) in [6, 6.07) is 63.5. The Kier molecular flexibility index (Phi) is 8.60. The van der Waals surface area contributed by atoms with Gasteiger partial charge < -0.3 is 28.3 Å². The zero-order valence-corrected chi connectivity index (χ0v) is 45.5. The molecule has 382 valence electrons. The molecule has 8 unspecified atom stereocenters. The van der Waals surface area contributed by atoms with Crippen molar-refractivity contribution in [3.8, 4) is 5.75 Å². The summed E-state index contributed by atoms with van der Waals surface area (Å²) in [6.45, 7) is 5.14. The molecule has 3 aliphatic carbocycles. The number of para-hydroxylation sites is 3. The number of anilines is 6. The van der Waals surface area contributed by atoms with Gasteiger partial charge in [-0.25, -0.2) is 0 Å². The van der Waals surface area contributed by atoms with E-state index in [-0.39, 0.29) is 40.2 Å². The van der Waals surface area contributed by atoms with Gasteiger partial charge in [-0.3, -0.25) is 0 Å². The second-order valence-corrected chi connectivity index (χ2v) is 26.0. The molecule has 0 spiro atoms. The first-order valence-corrected chi connectivity index (χ1v) is 29.8. The van der Waals surface area contributed by atoms with E-state index in [0.717, 1.165) is 56.1 Å². The molecule has 8 heteroatoms. The molecule has 12 aromatic rings. The third-order valence-electron chi connectivity index (χ3n) is 19.3. The number of benzene rings is 8. The molecule has 80 heavy (non-hydrogen) atoms. The Morgan fingerprint density at radius 1 is 0.588 bits per heavy atom. The van der Waals surface area contributed by atoms with Gasteiger partial charge in [0.05, 0.1) is 44.7 Å². The number of allylic oxidation sites excluding steroid dienone is 5. The minimum atomic E-state index is -0.110. The lowest BCUT2D eigenvalue weighted by Gasteiger charge is -2.41. The minimum absolute atomic E-state index is 0.00652. The van der Waals surface area contributed by atoms with Crippen molar-refractivity contribution in [3.63, 3.8) is 0 Å². The number of aromatic nitrogens is 1. The second kappa shape index (κ2) is 15.6. The highest BCUT2D eigenvalue weighted by molar-refractivity contribution is 8.01. The highest BCUT2D eigenvalue weighted by Gasteiger charge is 2.71. The average Bonchev–Trinajstić information content (AvgIpc) is 3.73. The Hall–Kier alpha value is -8.69. The van der Waals surface area contributed by atoms with Crippen LogP contribution in [0.25, 0.3) is 75.0 Å². The van der Waals surface area contributed by atoms with Gasteiger partial charge in [-0.15, -0.1) is 23.1 Å². The number of fused-ring (bicyclic) bond motifs is 22. The van der Waals surface area contributed by atoms with Crippen molar-refractivity contribution in [1.82, 2.24) is 4.40 Å². The number of thiophene rings is 1. The van der Waals surface area contributed by atoms with E-state index in [1.807, 2.05) is 11.3 Å². The predicted octanol–water partition coefficient (Wildman–Crippen LogP) is 18.7. The standard InChI is InChI=1S/C72H50N4O2S2/c1-71-36-16-15-27-63(71)80-72(2)53-31-33-55(74(42-19-7-4-8-20-42)44-29-35-61-50(38-44)46-22-10-13-25-59(46)78-61)65-52-39-56-51(40-57(52)76(68(53)65)70(71)72)64-54(32-30-48-66(64)75(56)67-47-23-11-14-26-62(47)79-69(48)67)73(41-17-5-3-6-18-41)43-28-34-60-49(37-43)45-21-9-12-24-58(45)77-60/h3-40,46,53,59,63,68,70H,1-2H3. The van der Waals surface area contributed by atoms with Crippen LogP contribution in [-0.4, -0.2) is 32.6 Å². The zero-order chi connectivity index (χ0) is 52.3. The van der Waals surface area contributed by atoms with E-state index in [4.69, 9.17) is 9.15 Å². The molecule has 0 amide bonds. The van der Waals surface area contributed by atoms with Crippen LogP contribution in [0.3, 0.4) is 0 Å². The molecule has 19 rings (SSSR count). The Bertz CT molecular complexity index is 4900. The third-order valence-corrected chi connectivity index (χ3v) is 22.4. The number of rotatable bonds is 6. The molecule has 8 heterocycles. The predicted molar refractivity (Wildman–Crippen MR) is 335 cm³/mol. The first-order valence-electron chi connectivity index (χ1n) is 28.1. The van der Waals surface area contributed by atoms with E-state index < -0.39 is 0 Å². The lowest BCUT2D eigenvalue weighted by Crippen LogP contribution is -2.49. The number of furan rings is 1. The molecule has 4 aliphatic heterocycles. The van der Waals surface area contributed by atoms with Gasteiger partial charge in [0, 0.05) is 109 Å². The summed E-state index contributed by atoms with van der Waals surface area (Å²) >= 11 is 4.12. The highest BCUT2D eigenvalue weighted by atomic mass is 32.2. The third kappa shape index (κ3) is 5.55. The summed E-state index contributed by atoms with van der Waals surface area (Å²) in [5, 5.41) is 7.69. The van der Waals surface area contributed by atoms with Crippen LogP contribution in [0.5, 0.6) is 5.75 Å². The summed E-state index contributed by atoms with van der Waals surface area (Å²) in [6.07, 6.45) is 23.5. The van der Waals surface area contributed by atoms with Crippen LogP contribution in [0, 0.1) is 11.3 Å². The summed E-state index contributed by atoms with van der Waals surface area (Å²) in [5.74, 6) is 1.39. The van der Waals surface area contributed by atoms with Crippen molar-refractivity contribution >= 4 is 132 Å². The smallest absolute Gasteiger partial charge is 0.135 e. The van der Waals surface area contributed by atoms with Crippen LogP contribution >= 0.6 is 23.1 Å². The molecule has 6 nitrogen and oxygen atoms in total. The van der Waals surface area contributed by atoms with E-state index in [1.165, 1.54) is 75.6 Å². The molecule has 2 fully saturated rings. The molecular formula is C72H50N4O2S2. The Balaban J connectivity index is 0.927. The van der Waals surface area contributed by atoms with Crippen LogP contribution in [0.2, 0.25) is 0 Å². The van der Waals surface area contributed by atoms with Gasteiger partial charge in [0.2, 0.25) is 0 Å². The van der Waals surface area contributed by atoms with Gasteiger partial charge >= 0.3 is 0 Å². The highest BCUT2D eigenvalue weighted by Crippen LogP contribution is 2.71. The summed E-state index contributed by atoms with van der Waals surface area (Å²) in [7, 11) is 0. The van der Waals surface area contributed by atoms with Crippen LogP contribution in [0.1, 0.15) is 30.9 Å². The summed E-state index contributed by atoms with van der Waals surface area (Å²) < 4.78 is 18.3. The molecule has 0 radical (unpaired) electrons. The fourth-order valence-corrected chi connectivity index (χ4v) is 19.3. The van der Waals surface area contributed by atoms with Gasteiger partial charge in [-0.2, -0.15) is 0 Å². The molecule has 0 N–H and O–H groups in total. The Morgan fingerprint density at radius 3 is 2.21 bits per heavy atom. The average molecular weight is 1070 g/mol. The van der Waals surface area contributed by atoms with Crippen molar-refractivity contribution in [2.24, 2.45) is 11.3 Å². The SMILES string of the molecule is CC12C=CC=CC1SC1(C)C3C=CC(N(c4ccccc4)c4ccc5c(c4)C4C=CC=CC4O5)=C4c5cc6c(cc5N(C43)C21)c1c(N(c2ccccc2)c2ccc3oc4ccccc4c3c2)ccc2c3sc4ccccc4c3n6c21. The quantitative estimate of drug-likeness (QED) is 0.165. The maximum Gasteiger partial charge on any atom is 0.135 e. The van der Waals surface area contributed by atoms with Crippen molar-refractivity contribution < 1.29 is 9.15 Å². The first-order chi connectivity index (χ1) is 39.4. The zero-order valence-electron chi connectivity index (χ0n) is 43.8. The van der Waals surface area contributed by atoms with E-state index in [2.05, 4.69) is 275 Å². The fraction of sp³-hybridized carbons (Fsp3) is 0.139.